The Hall–Kier alpha value is -0.710. The number of rotatable bonds is 10. The molecule has 0 amide bonds. The number of benzene rings is 2. The van der Waals surface area contributed by atoms with Crippen molar-refractivity contribution in [3.8, 4) is 0 Å². The SMILES string of the molecule is O=P(Cc1ccc(CSCc2ccc(C(F)(F)P(=O)(O)O)c(Br)c2)cc1)(OF)OF. The molecular weight excluding hydrogens is 538 g/mol. The molecule has 2 aromatic carbocycles. The minimum Gasteiger partial charge on any atom is -0.320 e. The van der Waals surface area contributed by atoms with E-state index in [4.69, 9.17) is 9.79 Å². The van der Waals surface area contributed by atoms with E-state index < -0.39 is 32.6 Å². The van der Waals surface area contributed by atoms with Gasteiger partial charge in [0, 0.05) is 21.5 Å². The van der Waals surface area contributed by atoms with Gasteiger partial charge in [-0.3, -0.25) is 9.13 Å². The van der Waals surface area contributed by atoms with Crippen LogP contribution in [0.15, 0.2) is 46.9 Å². The van der Waals surface area contributed by atoms with E-state index in [9.17, 15) is 27.0 Å². The summed E-state index contributed by atoms with van der Waals surface area (Å²) in [5.74, 6) is 0.928. The van der Waals surface area contributed by atoms with Gasteiger partial charge in [-0.05, 0) is 31.8 Å². The predicted octanol–water partition coefficient (Wildman–Crippen LogP) is 6.60. The summed E-state index contributed by atoms with van der Waals surface area (Å²) in [5.41, 5.74) is -3.27. The third-order valence-corrected chi connectivity index (χ3v) is 7.75. The van der Waals surface area contributed by atoms with Crippen LogP contribution in [0.4, 0.5) is 17.8 Å². The largest absolute Gasteiger partial charge is 0.399 e. The molecule has 0 atom stereocenters. The molecule has 2 aromatic rings. The van der Waals surface area contributed by atoms with Crippen LogP contribution in [-0.2, 0) is 41.9 Å². The van der Waals surface area contributed by atoms with Crippen molar-refractivity contribution in [1.82, 2.24) is 0 Å². The van der Waals surface area contributed by atoms with Crippen LogP contribution in [0.3, 0.4) is 0 Å². The average molecular weight is 553 g/mol. The van der Waals surface area contributed by atoms with Crippen molar-refractivity contribution in [1.29, 1.82) is 0 Å². The summed E-state index contributed by atoms with van der Waals surface area (Å²) in [4.78, 5) is 17.7. The first-order valence-corrected chi connectivity index (χ1v) is 13.3. The number of hydrogen-bond donors (Lipinski definition) is 2. The maximum atomic E-state index is 13.8. The lowest BCUT2D eigenvalue weighted by Gasteiger charge is -2.19. The van der Waals surface area contributed by atoms with Gasteiger partial charge in [0.15, 0.2) is 0 Å². The molecule has 0 aliphatic rings. The molecule has 0 unspecified atom stereocenters. The van der Waals surface area contributed by atoms with Crippen LogP contribution in [0.1, 0.15) is 22.3 Å². The minimum atomic E-state index is -5.66. The van der Waals surface area contributed by atoms with Crippen LogP contribution in [0.5, 0.6) is 0 Å². The second kappa shape index (κ2) is 10.3. The fourth-order valence-corrected chi connectivity index (χ4v) is 5.42. The van der Waals surface area contributed by atoms with Gasteiger partial charge in [0.05, 0.1) is 6.16 Å². The molecule has 0 radical (unpaired) electrons. The van der Waals surface area contributed by atoms with Crippen LogP contribution < -0.4 is 0 Å². The van der Waals surface area contributed by atoms with E-state index in [1.807, 2.05) is 0 Å². The van der Waals surface area contributed by atoms with E-state index in [0.717, 1.165) is 11.6 Å². The molecular formula is C16H15BrF4O6P2S. The van der Waals surface area contributed by atoms with Gasteiger partial charge >= 0.3 is 20.9 Å². The molecule has 0 spiro atoms. The molecule has 2 N–H and O–H groups in total. The quantitative estimate of drug-likeness (QED) is 0.253. The van der Waals surface area contributed by atoms with Crippen molar-refractivity contribution in [3.05, 3.63) is 69.2 Å². The molecule has 0 saturated carbocycles. The lowest BCUT2D eigenvalue weighted by atomic mass is 10.1. The highest BCUT2D eigenvalue weighted by Gasteiger charge is 2.51. The molecule has 0 bridgehead atoms. The first kappa shape index (κ1) is 25.5. The monoisotopic (exact) mass is 552 g/mol. The van der Waals surface area contributed by atoms with Gasteiger partial charge in [0.2, 0.25) is 0 Å². The van der Waals surface area contributed by atoms with E-state index >= 15 is 0 Å². The number of thioether (sulfide) groups is 1. The summed E-state index contributed by atoms with van der Waals surface area (Å²) < 4.78 is 80.3. The minimum absolute atomic E-state index is 0.118. The summed E-state index contributed by atoms with van der Waals surface area (Å²) in [5, 5.41) is 0. The highest BCUT2D eigenvalue weighted by Crippen LogP contribution is 2.60. The molecule has 0 heterocycles. The third-order valence-electron chi connectivity index (χ3n) is 3.87. The van der Waals surface area contributed by atoms with E-state index in [0.29, 0.717) is 22.6 Å². The van der Waals surface area contributed by atoms with Gasteiger partial charge in [0.1, 0.15) is 0 Å². The summed E-state index contributed by atoms with van der Waals surface area (Å²) in [6, 6.07) is 10.0. The number of halogens is 5. The van der Waals surface area contributed by atoms with E-state index in [1.54, 1.807) is 12.1 Å². The zero-order valence-corrected chi connectivity index (χ0v) is 19.1. The average Bonchev–Trinajstić information content (AvgIpc) is 2.68. The summed E-state index contributed by atoms with van der Waals surface area (Å²) in [6.07, 6.45) is -0.576. The molecule has 6 nitrogen and oxygen atoms in total. The van der Waals surface area contributed by atoms with Crippen LogP contribution in [0.2, 0.25) is 0 Å². The molecule has 30 heavy (non-hydrogen) atoms. The van der Waals surface area contributed by atoms with Crippen molar-refractivity contribution < 1.29 is 46.2 Å². The Labute approximate surface area is 181 Å². The normalized spacial score (nSPS) is 12.9. The molecule has 0 fully saturated rings. The lowest BCUT2D eigenvalue weighted by molar-refractivity contribution is -0.0881. The standard InChI is InChI=1S/C16H15BrF4O6P2S/c17-15-7-13(5-6-14(15)16(18,19)29(23,24)25)10-30-9-12-3-1-11(2-4-12)8-28(22,26-20)27-21/h1-7H,8-10H2,(H2,23,24,25). The second-order valence-corrected chi connectivity index (χ2v) is 11.4. The van der Waals surface area contributed by atoms with Crippen molar-refractivity contribution in [2.75, 3.05) is 0 Å². The Kier molecular flexibility index (Phi) is 8.75. The highest BCUT2D eigenvalue weighted by molar-refractivity contribution is 9.10. The van der Waals surface area contributed by atoms with Gasteiger partial charge in [-0.2, -0.15) is 20.5 Å². The van der Waals surface area contributed by atoms with Crippen LogP contribution in [-0.4, -0.2) is 9.79 Å². The maximum Gasteiger partial charge on any atom is 0.399 e. The maximum absolute atomic E-state index is 13.8. The number of hydrogen-bond acceptors (Lipinski definition) is 5. The van der Waals surface area contributed by atoms with Gasteiger partial charge in [0.25, 0.3) is 0 Å². The fraction of sp³-hybridized carbons (Fsp3) is 0.250. The Morgan fingerprint density at radius 1 is 0.933 bits per heavy atom. The first-order valence-electron chi connectivity index (χ1n) is 7.99. The number of alkyl halides is 2. The first-order chi connectivity index (χ1) is 13.9. The van der Waals surface area contributed by atoms with Gasteiger partial charge in [-0.1, -0.05) is 52.3 Å². The van der Waals surface area contributed by atoms with Crippen molar-refractivity contribution in [3.63, 3.8) is 0 Å². The molecule has 166 valence electrons. The lowest BCUT2D eigenvalue weighted by Crippen LogP contribution is -2.14. The van der Waals surface area contributed by atoms with Crippen LogP contribution >= 0.6 is 42.9 Å². The highest BCUT2D eigenvalue weighted by atomic mass is 79.9. The summed E-state index contributed by atoms with van der Waals surface area (Å²) in [6.45, 7) is 0. The molecule has 14 heteroatoms. The zero-order valence-electron chi connectivity index (χ0n) is 14.9. The smallest absolute Gasteiger partial charge is 0.320 e. The Morgan fingerprint density at radius 3 is 1.93 bits per heavy atom. The fourth-order valence-electron chi connectivity index (χ4n) is 2.36. The Balaban J connectivity index is 1.97. The molecule has 0 aliphatic heterocycles. The molecule has 0 aromatic heterocycles. The van der Waals surface area contributed by atoms with Gasteiger partial charge in [-0.15, -0.1) is 9.46 Å². The molecule has 0 aliphatic carbocycles. The molecule has 2 rings (SSSR count). The van der Waals surface area contributed by atoms with Crippen LogP contribution in [0.25, 0.3) is 0 Å². The van der Waals surface area contributed by atoms with Crippen molar-refractivity contribution >= 4 is 42.9 Å². The van der Waals surface area contributed by atoms with E-state index in [-0.39, 0.29) is 4.47 Å². The van der Waals surface area contributed by atoms with Crippen molar-refractivity contribution in [2.24, 2.45) is 0 Å². The van der Waals surface area contributed by atoms with Gasteiger partial charge in [-0.25, -0.2) is 0 Å². The topological polar surface area (TPSA) is 93.1 Å². The van der Waals surface area contributed by atoms with Gasteiger partial charge < -0.3 is 9.79 Å². The van der Waals surface area contributed by atoms with Crippen LogP contribution in [0, 0.1) is 0 Å². The summed E-state index contributed by atoms with van der Waals surface area (Å²) in [7, 11) is -10.1. The second-order valence-electron chi connectivity index (χ2n) is 6.12. The Morgan fingerprint density at radius 2 is 1.43 bits per heavy atom. The molecule has 0 saturated heterocycles. The summed E-state index contributed by atoms with van der Waals surface area (Å²) >= 11 is 4.36. The van der Waals surface area contributed by atoms with E-state index in [2.05, 4.69) is 25.4 Å². The van der Waals surface area contributed by atoms with E-state index in [1.165, 1.54) is 36.0 Å². The third kappa shape index (κ3) is 6.40. The zero-order chi connectivity index (χ0) is 22.6. The predicted molar refractivity (Wildman–Crippen MR) is 107 cm³/mol. The van der Waals surface area contributed by atoms with Crippen molar-refractivity contribution in [2.45, 2.75) is 23.3 Å². The Bertz CT molecular complexity index is 965.